The quantitative estimate of drug-likeness (QED) is 0.882. The van der Waals surface area contributed by atoms with Gasteiger partial charge in [-0.25, -0.2) is 4.39 Å². The molecule has 1 N–H and O–H groups in total. The monoisotopic (exact) mass is 271 g/mol. The summed E-state index contributed by atoms with van der Waals surface area (Å²) in [7, 11) is 0. The number of hydrogen-bond acceptors (Lipinski definition) is 2. The van der Waals surface area contributed by atoms with Crippen LogP contribution < -0.4 is 5.32 Å². The molecule has 1 aromatic carbocycles. The maximum atomic E-state index is 13.4. The molecule has 1 unspecified atom stereocenters. The molecule has 2 nitrogen and oxygen atoms in total. The molecule has 4 heteroatoms. The summed E-state index contributed by atoms with van der Waals surface area (Å²) in [6.07, 6.45) is 2.46. The van der Waals surface area contributed by atoms with Crippen molar-refractivity contribution >= 4 is 11.6 Å². The van der Waals surface area contributed by atoms with Gasteiger partial charge < -0.3 is 10.1 Å². The molecule has 1 fully saturated rings. The van der Waals surface area contributed by atoms with E-state index in [0.717, 1.165) is 25.0 Å². The molecule has 0 aliphatic heterocycles. The zero-order chi connectivity index (χ0) is 13.1. The van der Waals surface area contributed by atoms with E-state index >= 15 is 0 Å². The molecule has 0 amide bonds. The predicted octanol–water partition coefficient (Wildman–Crippen LogP) is 3.70. The highest BCUT2D eigenvalue weighted by atomic mass is 35.5. The van der Waals surface area contributed by atoms with Gasteiger partial charge in [-0.2, -0.15) is 0 Å². The molecule has 100 valence electrons. The van der Waals surface area contributed by atoms with Gasteiger partial charge in [0.15, 0.2) is 0 Å². The lowest BCUT2D eigenvalue weighted by Gasteiger charge is -2.37. The molecule has 0 spiro atoms. The van der Waals surface area contributed by atoms with Gasteiger partial charge in [0.05, 0.1) is 11.1 Å². The van der Waals surface area contributed by atoms with Gasteiger partial charge in [0, 0.05) is 18.7 Å². The fraction of sp³-hybridized carbons (Fsp3) is 0.571. The second-order valence-corrected chi connectivity index (χ2v) is 5.21. The van der Waals surface area contributed by atoms with Gasteiger partial charge in [-0.05, 0) is 44.4 Å². The molecular formula is C14H19ClFNO. The van der Waals surface area contributed by atoms with Crippen molar-refractivity contribution in [2.24, 2.45) is 0 Å². The van der Waals surface area contributed by atoms with Crippen LogP contribution in [-0.4, -0.2) is 18.8 Å². The molecule has 1 aliphatic rings. The van der Waals surface area contributed by atoms with Gasteiger partial charge in [0.2, 0.25) is 0 Å². The Kier molecular flexibility index (Phi) is 4.60. The van der Waals surface area contributed by atoms with Crippen molar-refractivity contribution in [3.63, 3.8) is 0 Å². The number of nitrogens with one attached hydrogen (secondary N) is 1. The first-order chi connectivity index (χ1) is 8.60. The van der Waals surface area contributed by atoms with E-state index in [1.807, 2.05) is 19.9 Å². The van der Waals surface area contributed by atoms with E-state index in [4.69, 9.17) is 16.3 Å². The van der Waals surface area contributed by atoms with Crippen LogP contribution in [0, 0.1) is 5.82 Å². The lowest BCUT2D eigenvalue weighted by molar-refractivity contribution is -0.0120. The molecule has 1 atom stereocenters. The summed E-state index contributed by atoms with van der Waals surface area (Å²) in [6.45, 7) is 4.83. The summed E-state index contributed by atoms with van der Waals surface area (Å²) >= 11 is 5.67. The minimum Gasteiger partial charge on any atom is -0.378 e. The van der Waals surface area contributed by atoms with Crippen molar-refractivity contribution in [2.75, 3.05) is 6.61 Å². The molecule has 0 bridgehead atoms. The Balaban J connectivity index is 1.85. The van der Waals surface area contributed by atoms with Crippen LogP contribution in [0.3, 0.4) is 0 Å². The van der Waals surface area contributed by atoms with Crippen LogP contribution in [0.25, 0.3) is 0 Å². The summed E-state index contributed by atoms with van der Waals surface area (Å²) in [4.78, 5) is 0. The molecule has 0 radical (unpaired) electrons. The predicted molar refractivity (Wildman–Crippen MR) is 71.4 cm³/mol. The second-order valence-electron chi connectivity index (χ2n) is 4.81. The summed E-state index contributed by atoms with van der Waals surface area (Å²) in [6, 6.07) is 5.56. The Morgan fingerprint density at radius 3 is 2.83 bits per heavy atom. The molecule has 1 saturated carbocycles. The first kappa shape index (κ1) is 13.8. The van der Waals surface area contributed by atoms with Crippen LogP contribution in [0.5, 0.6) is 0 Å². The molecule has 1 aliphatic carbocycles. The van der Waals surface area contributed by atoms with E-state index in [9.17, 15) is 4.39 Å². The topological polar surface area (TPSA) is 21.3 Å². The van der Waals surface area contributed by atoms with Crippen molar-refractivity contribution < 1.29 is 9.13 Å². The van der Waals surface area contributed by atoms with Crippen LogP contribution in [0.15, 0.2) is 18.2 Å². The zero-order valence-corrected chi connectivity index (χ0v) is 11.5. The highest BCUT2D eigenvalue weighted by Gasteiger charge is 2.30. The number of rotatable bonds is 5. The van der Waals surface area contributed by atoms with Crippen LogP contribution in [0.4, 0.5) is 4.39 Å². The van der Waals surface area contributed by atoms with Gasteiger partial charge in [-0.1, -0.05) is 17.7 Å². The fourth-order valence-electron chi connectivity index (χ4n) is 2.31. The number of hydrogen-bond donors (Lipinski definition) is 1. The third-order valence-electron chi connectivity index (χ3n) is 3.43. The first-order valence-electron chi connectivity index (χ1n) is 6.42. The first-order valence-corrected chi connectivity index (χ1v) is 6.80. The average molecular weight is 272 g/mol. The van der Waals surface area contributed by atoms with E-state index in [-0.39, 0.29) is 16.9 Å². The largest absolute Gasteiger partial charge is 0.378 e. The minimum absolute atomic E-state index is 0.129. The van der Waals surface area contributed by atoms with Gasteiger partial charge in [0.25, 0.3) is 0 Å². The average Bonchev–Trinajstić information content (AvgIpc) is 2.30. The van der Waals surface area contributed by atoms with Crippen LogP contribution in [0.1, 0.15) is 38.3 Å². The number of benzene rings is 1. The summed E-state index contributed by atoms with van der Waals surface area (Å²) < 4.78 is 18.9. The molecule has 0 heterocycles. The molecule has 18 heavy (non-hydrogen) atoms. The normalized spacial score (nSPS) is 24.7. The van der Waals surface area contributed by atoms with E-state index in [2.05, 4.69) is 5.32 Å². The molecule has 2 rings (SSSR count). The third kappa shape index (κ3) is 3.22. The lowest BCUT2D eigenvalue weighted by atomic mass is 9.88. The molecule has 0 saturated heterocycles. The van der Waals surface area contributed by atoms with Gasteiger partial charge >= 0.3 is 0 Å². The highest BCUT2D eigenvalue weighted by Crippen LogP contribution is 2.27. The Bertz CT molecular complexity index is 407. The maximum Gasteiger partial charge on any atom is 0.142 e. The Labute approximate surface area is 112 Å². The molecule has 0 aromatic heterocycles. The SMILES string of the molecule is CCOC1CC(NC(C)c2ccc(Cl)c(F)c2)C1. The van der Waals surface area contributed by atoms with E-state index < -0.39 is 0 Å². The summed E-state index contributed by atoms with van der Waals surface area (Å²) in [5, 5.41) is 3.65. The highest BCUT2D eigenvalue weighted by molar-refractivity contribution is 6.30. The van der Waals surface area contributed by atoms with E-state index in [1.54, 1.807) is 6.07 Å². The van der Waals surface area contributed by atoms with Crippen molar-refractivity contribution in [1.29, 1.82) is 0 Å². The van der Waals surface area contributed by atoms with Gasteiger partial charge in [-0.15, -0.1) is 0 Å². The fourth-order valence-corrected chi connectivity index (χ4v) is 2.42. The standard InChI is InChI=1S/C14H19ClFNO/c1-3-18-12-7-11(8-12)17-9(2)10-4-5-13(15)14(16)6-10/h4-6,9,11-12,17H,3,7-8H2,1-2H3. The van der Waals surface area contributed by atoms with Crippen LogP contribution in [-0.2, 0) is 4.74 Å². The minimum atomic E-state index is -0.358. The number of ether oxygens (including phenoxy) is 1. The maximum absolute atomic E-state index is 13.4. The van der Waals surface area contributed by atoms with Crippen molar-refractivity contribution in [1.82, 2.24) is 5.32 Å². The second kappa shape index (κ2) is 6.00. The van der Waals surface area contributed by atoms with E-state index in [0.29, 0.717) is 12.1 Å². The Morgan fingerprint density at radius 1 is 1.50 bits per heavy atom. The van der Waals surface area contributed by atoms with Crippen LogP contribution >= 0.6 is 11.6 Å². The van der Waals surface area contributed by atoms with E-state index in [1.165, 1.54) is 6.07 Å². The van der Waals surface area contributed by atoms with Gasteiger partial charge in [-0.3, -0.25) is 0 Å². The lowest BCUT2D eigenvalue weighted by Crippen LogP contribution is -2.46. The van der Waals surface area contributed by atoms with Crippen LogP contribution in [0.2, 0.25) is 5.02 Å². The van der Waals surface area contributed by atoms with Crippen molar-refractivity contribution in [3.8, 4) is 0 Å². The van der Waals surface area contributed by atoms with Crippen molar-refractivity contribution in [3.05, 3.63) is 34.6 Å². The van der Waals surface area contributed by atoms with Gasteiger partial charge in [0.1, 0.15) is 5.82 Å². The smallest absolute Gasteiger partial charge is 0.142 e. The molecule has 1 aromatic rings. The third-order valence-corrected chi connectivity index (χ3v) is 3.73. The Hall–Kier alpha value is -0.640. The zero-order valence-electron chi connectivity index (χ0n) is 10.7. The Morgan fingerprint density at radius 2 is 2.22 bits per heavy atom. The number of halogens is 2. The summed E-state index contributed by atoms with van der Waals surface area (Å²) in [5.41, 5.74) is 0.928. The molecular weight excluding hydrogens is 253 g/mol. The summed E-state index contributed by atoms with van der Waals surface area (Å²) in [5.74, 6) is -0.358. The van der Waals surface area contributed by atoms with Crippen molar-refractivity contribution in [2.45, 2.75) is 44.9 Å².